The number of likely N-dealkylation sites (tertiary alicyclic amines) is 1. The SMILES string of the molecule is Cc1ccnc(NCC(=O)N2CCCC2)c1Br. The van der Waals surface area contributed by atoms with Gasteiger partial charge < -0.3 is 10.2 Å². The minimum Gasteiger partial charge on any atom is -0.360 e. The molecule has 0 aliphatic carbocycles. The van der Waals surface area contributed by atoms with Crippen LogP contribution in [0.3, 0.4) is 0 Å². The van der Waals surface area contributed by atoms with E-state index in [0.29, 0.717) is 6.54 Å². The van der Waals surface area contributed by atoms with Crippen LogP contribution < -0.4 is 5.32 Å². The van der Waals surface area contributed by atoms with Gasteiger partial charge in [-0.2, -0.15) is 0 Å². The Hall–Kier alpha value is -1.10. The monoisotopic (exact) mass is 297 g/mol. The van der Waals surface area contributed by atoms with Crippen molar-refractivity contribution in [2.75, 3.05) is 25.0 Å². The highest BCUT2D eigenvalue weighted by atomic mass is 79.9. The molecular weight excluding hydrogens is 282 g/mol. The summed E-state index contributed by atoms with van der Waals surface area (Å²) in [5.74, 6) is 0.884. The number of halogens is 1. The smallest absolute Gasteiger partial charge is 0.241 e. The number of nitrogens with one attached hydrogen (secondary N) is 1. The molecule has 0 aromatic carbocycles. The van der Waals surface area contributed by atoms with Crippen LogP contribution >= 0.6 is 15.9 Å². The summed E-state index contributed by atoms with van der Waals surface area (Å²) in [4.78, 5) is 17.9. The van der Waals surface area contributed by atoms with Crippen molar-refractivity contribution in [2.24, 2.45) is 0 Å². The van der Waals surface area contributed by atoms with E-state index in [9.17, 15) is 4.79 Å². The molecule has 0 spiro atoms. The summed E-state index contributed by atoms with van der Waals surface area (Å²) in [5, 5.41) is 3.08. The van der Waals surface area contributed by atoms with Crippen LogP contribution in [0.25, 0.3) is 0 Å². The van der Waals surface area contributed by atoms with Gasteiger partial charge in [0.1, 0.15) is 5.82 Å². The third-order valence-corrected chi connectivity index (χ3v) is 3.95. The van der Waals surface area contributed by atoms with Crippen molar-refractivity contribution in [3.8, 4) is 0 Å². The molecule has 1 aliphatic heterocycles. The van der Waals surface area contributed by atoms with E-state index in [0.717, 1.165) is 41.8 Å². The molecule has 1 amide bonds. The summed E-state index contributed by atoms with van der Waals surface area (Å²) in [7, 11) is 0. The van der Waals surface area contributed by atoms with E-state index in [1.165, 1.54) is 0 Å². The summed E-state index contributed by atoms with van der Waals surface area (Å²) < 4.78 is 0.925. The maximum Gasteiger partial charge on any atom is 0.241 e. The normalized spacial score (nSPS) is 15.1. The molecule has 0 radical (unpaired) electrons. The van der Waals surface area contributed by atoms with Crippen molar-refractivity contribution < 1.29 is 4.79 Å². The van der Waals surface area contributed by atoms with Crippen LogP contribution in [0.1, 0.15) is 18.4 Å². The Morgan fingerprint density at radius 1 is 1.53 bits per heavy atom. The number of aryl methyl sites for hydroxylation is 1. The van der Waals surface area contributed by atoms with E-state index in [1.54, 1.807) is 6.20 Å². The Bertz CT molecular complexity index is 416. The fraction of sp³-hybridized carbons (Fsp3) is 0.500. The number of hydrogen-bond donors (Lipinski definition) is 1. The third kappa shape index (κ3) is 2.97. The number of pyridine rings is 1. The molecule has 17 heavy (non-hydrogen) atoms. The standard InChI is InChI=1S/C12H16BrN3O/c1-9-4-5-14-12(11(9)13)15-8-10(17)16-6-2-3-7-16/h4-5H,2-3,6-8H2,1H3,(H,14,15). The van der Waals surface area contributed by atoms with E-state index in [1.807, 2.05) is 17.9 Å². The first-order chi connectivity index (χ1) is 8.18. The molecule has 0 bridgehead atoms. The Morgan fingerprint density at radius 2 is 2.24 bits per heavy atom. The molecule has 92 valence electrons. The molecule has 1 N–H and O–H groups in total. The first kappa shape index (κ1) is 12.4. The molecule has 1 saturated heterocycles. The summed E-state index contributed by atoms with van der Waals surface area (Å²) in [6.07, 6.45) is 3.99. The highest BCUT2D eigenvalue weighted by Crippen LogP contribution is 2.23. The maximum atomic E-state index is 11.8. The van der Waals surface area contributed by atoms with Crippen molar-refractivity contribution in [2.45, 2.75) is 19.8 Å². The highest BCUT2D eigenvalue weighted by Gasteiger charge is 2.17. The van der Waals surface area contributed by atoms with Gasteiger partial charge in [0.2, 0.25) is 5.91 Å². The Morgan fingerprint density at radius 3 is 2.94 bits per heavy atom. The van der Waals surface area contributed by atoms with E-state index in [-0.39, 0.29) is 5.91 Å². The molecular formula is C12H16BrN3O. The van der Waals surface area contributed by atoms with Gasteiger partial charge in [-0.05, 0) is 47.3 Å². The molecule has 0 atom stereocenters. The Labute approximate surface area is 110 Å². The summed E-state index contributed by atoms with van der Waals surface area (Å²) in [5.41, 5.74) is 1.11. The number of hydrogen-bond acceptors (Lipinski definition) is 3. The number of carbonyl (C=O) groups is 1. The predicted molar refractivity (Wildman–Crippen MR) is 71.0 cm³/mol. The zero-order chi connectivity index (χ0) is 12.3. The van der Waals surface area contributed by atoms with Crippen LogP contribution in [-0.2, 0) is 4.79 Å². The van der Waals surface area contributed by atoms with Gasteiger partial charge in [-0.15, -0.1) is 0 Å². The molecule has 1 aliphatic rings. The lowest BCUT2D eigenvalue weighted by Gasteiger charge is -2.16. The second-order valence-electron chi connectivity index (χ2n) is 4.23. The molecule has 1 fully saturated rings. The lowest BCUT2D eigenvalue weighted by Crippen LogP contribution is -2.33. The Balaban J connectivity index is 1.93. The largest absolute Gasteiger partial charge is 0.360 e. The first-order valence-corrected chi connectivity index (χ1v) is 6.60. The fourth-order valence-electron chi connectivity index (χ4n) is 1.90. The van der Waals surface area contributed by atoms with E-state index in [2.05, 4.69) is 26.2 Å². The van der Waals surface area contributed by atoms with Crippen LogP contribution in [0, 0.1) is 6.92 Å². The van der Waals surface area contributed by atoms with Crippen molar-refractivity contribution in [3.05, 3.63) is 22.3 Å². The summed E-state index contributed by atoms with van der Waals surface area (Å²) in [6.45, 7) is 4.10. The third-order valence-electron chi connectivity index (χ3n) is 2.95. The van der Waals surface area contributed by atoms with Gasteiger partial charge in [0.05, 0.1) is 11.0 Å². The predicted octanol–water partition coefficient (Wildman–Crippen LogP) is 2.19. The molecule has 5 heteroatoms. The van der Waals surface area contributed by atoms with Crippen molar-refractivity contribution >= 4 is 27.7 Å². The number of anilines is 1. The van der Waals surface area contributed by atoms with Crippen LogP contribution in [0.5, 0.6) is 0 Å². The van der Waals surface area contributed by atoms with Gasteiger partial charge in [0.25, 0.3) is 0 Å². The number of rotatable bonds is 3. The molecule has 4 nitrogen and oxygen atoms in total. The molecule has 2 heterocycles. The average Bonchev–Trinajstić information content (AvgIpc) is 2.84. The average molecular weight is 298 g/mol. The lowest BCUT2D eigenvalue weighted by molar-refractivity contribution is -0.128. The van der Waals surface area contributed by atoms with Gasteiger partial charge in [-0.3, -0.25) is 4.79 Å². The number of amides is 1. The molecule has 0 saturated carbocycles. The second-order valence-corrected chi connectivity index (χ2v) is 5.02. The van der Waals surface area contributed by atoms with E-state index < -0.39 is 0 Å². The van der Waals surface area contributed by atoms with Crippen LogP contribution in [0.2, 0.25) is 0 Å². The molecule has 0 unspecified atom stereocenters. The fourth-order valence-corrected chi connectivity index (χ4v) is 2.28. The van der Waals surface area contributed by atoms with E-state index >= 15 is 0 Å². The van der Waals surface area contributed by atoms with Gasteiger partial charge >= 0.3 is 0 Å². The minimum atomic E-state index is 0.151. The molecule has 1 aromatic heterocycles. The van der Waals surface area contributed by atoms with Crippen LogP contribution in [-0.4, -0.2) is 35.4 Å². The molecule has 2 rings (SSSR count). The van der Waals surface area contributed by atoms with Crippen molar-refractivity contribution in [1.82, 2.24) is 9.88 Å². The van der Waals surface area contributed by atoms with Gasteiger partial charge in [-0.25, -0.2) is 4.98 Å². The topological polar surface area (TPSA) is 45.2 Å². The molecule has 1 aromatic rings. The van der Waals surface area contributed by atoms with Gasteiger partial charge in [0, 0.05) is 19.3 Å². The summed E-state index contributed by atoms with van der Waals surface area (Å²) >= 11 is 3.46. The van der Waals surface area contributed by atoms with Crippen LogP contribution in [0.15, 0.2) is 16.7 Å². The zero-order valence-corrected chi connectivity index (χ0v) is 11.5. The minimum absolute atomic E-state index is 0.151. The van der Waals surface area contributed by atoms with Crippen molar-refractivity contribution in [1.29, 1.82) is 0 Å². The zero-order valence-electron chi connectivity index (χ0n) is 9.87. The number of nitrogens with zero attached hydrogens (tertiary/aromatic N) is 2. The van der Waals surface area contributed by atoms with Crippen molar-refractivity contribution in [3.63, 3.8) is 0 Å². The number of aromatic nitrogens is 1. The second kappa shape index (κ2) is 5.49. The van der Waals surface area contributed by atoms with Gasteiger partial charge in [0.15, 0.2) is 0 Å². The lowest BCUT2D eigenvalue weighted by atomic mass is 10.3. The van der Waals surface area contributed by atoms with E-state index in [4.69, 9.17) is 0 Å². The van der Waals surface area contributed by atoms with Crippen LogP contribution in [0.4, 0.5) is 5.82 Å². The quantitative estimate of drug-likeness (QED) is 0.930. The Kier molecular flexibility index (Phi) is 3.99. The summed E-state index contributed by atoms with van der Waals surface area (Å²) in [6, 6.07) is 1.93. The highest BCUT2D eigenvalue weighted by molar-refractivity contribution is 9.10. The maximum absolute atomic E-state index is 11.8. The van der Waals surface area contributed by atoms with Gasteiger partial charge in [-0.1, -0.05) is 0 Å². The first-order valence-electron chi connectivity index (χ1n) is 5.81. The number of carbonyl (C=O) groups excluding carboxylic acids is 1.